The van der Waals surface area contributed by atoms with Crippen molar-refractivity contribution in [3.63, 3.8) is 0 Å². The van der Waals surface area contributed by atoms with Crippen LogP contribution in [0.1, 0.15) is 5.56 Å². The topological polar surface area (TPSA) is 12.5 Å². The largest absolute Gasteiger partial charge is 0.375 e. The lowest BCUT2D eigenvalue weighted by Crippen LogP contribution is -2.42. The molecule has 0 aliphatic carbocycles. The first-order valence-electron chi connectivity index (χ1n) is 5.43. The van der Waals surface area contributed by atoms with Crippen molar-refractivity contribution in [2.75, 3.05) is 25.0 Å². The first-order chi connectivity index (χ1) is 7.79. The molecule has 1 aliphatic heterocycles. The molecule has 0 N–H and O–H groups in total. The Balaban J connectivity index is 1.97. The molecule has 1 atom stereocenters. The maximum absolute atomic E-state index is 5.63. The van der Waals surface area contributed by atoms with Crippen LogP contribution >= 0.6 is 31.9 Å². The van der Waals surface area contributed by atoms with Crippen LogP contribution in [0.15, 0.2) is 28.7 Å². The highest BCUT2D eigenvalue weighted by molar-refractivity contribution is 9.10. The molecule has 1 aromatic rings. The lowest BCUT2D eigenvalue weighted by molar-refractivity contribution is -0.0182. The summed E-state index contributed by atoms with van der Waals surface area (Å²) in [5, 5.41) is 0.916. The van der Waals surface area contributed by atoms with E-state index >= 15 is 0 Å². The minimum Gasteiger partial charge on any atom is -0.375 e. The number of benzene rings is 1. The quantitative estimate of drug-likeness (QED) is 0.778. The Hall–Kier alpha value is 0.1000. The van der Waals surface area contributed by atoms with Gasteiger partial charge in [0.25, 0.3) is 0 Å². The van der Waals surface area contributed by atoms with E-state index in [0.717, 1.165) is 31.6 Å². The van der Waals surface area contributed by atoms with Gasteiger partial charge in [-0.15, -0.1) is 0 Å². The summed E-state index contributed by atoms with van der Waals surface area (Å²) in [5.74, 6) is 0. The summed E-state index contributed by atoms with van der Waals surface area (Å²) in [6, 6.07) is 8.40. The zero-order chi connectivity index (χ0) is 11.4. The summed E-state index contributed by atoms with van der Waals surface area (Å²) in [7, 11) is 0. The van der Waals surface area contributed by atoms with Gasteiger partial charge < -0.3 is 4.74 Å². The lowest BCUT2D eigenvalue weighted by Gasteiger charge is -2.32. The van der Waals surface area contributed by atoms with Gasteiger partial charge in [-0.2, -0.15) is 0 Å². The van der Waals surface area contributed by atoms with E-state index in [1.165, 1.54) is 10.0 Å². The fourth-order valence-corrected chi connectivity index (χ4v) is 2.69. The Morgan fingerprint density at radius 3 is 2.94 bits per heavy atom. The molecular formula is C12H15Br2NO. The first kappa shape index (κ1) is 12.6. The molecule has 1 aliphatic rings. The van der Waals surface area contributed by atoms with Crippen LogP contribution in [0.2, 0.25) is 0 Å². The number of halogens is 2. The third-order valence-corrected chi connectivity index (χ3v) is 4.24. The molecule has 0 spiro atoms. The second kappa shape index (κ2) is 6.15. The van der Waals surface area contributed by atoms with E-state index in [-0.39, 0.29) is 0 Å². The van der Waals surface area contributed by atoms with Gasteiger partial charge in [-0.1, -0.05) is 50.1 Å². The van der Waals surface area contributed by atoms with Crippen LogP contribution in [0.5, 0.6) is 0 Å². The second-order valence-corrected chi connectivity index (χ2v) is 5.48. The molecule has 1 unspecified atom stereocenters. The smallest absolute Gasteiger partial charge is 0.0799 e. The Labute approximate surface area is 113 Å². The molecule has 1 aromatic carbocycles. The van der Waals surface area contributed by atoms with Gasteiger partial charge in [0.15, 0.2) is 0 Å². The maximum atomic E-state index is 5.63. The van der Waals surface area contributed by atoms with E-state index in [1.807, 2.05) is 6.07 Å². The minimum absolute atomic E-state index is 0.330. The molecular weight excluding hydrogens is 334 g/mol. The van der Waals surface area contributed by atoms with Crippen LogP contribution in [-0.4, -0.2) is 36.0 Å². The highest BCUT2D eigenvalue weighted by Gasteiger charge is 2.19. The molecule has 2 nitrogen and oxygen atoms in total. The van der Waals surface area contributed by atoms with Gasteiger partial charge in [-0.25, -0.2) is 0 Å². The SMILES string of the molecule is BrCC1CN(Cc2ccccc2Br)CCO1. The molecule has 0 saturated carbocycles. The van der Waals surface area contributed by atoms with Gasteiger partial charge in [-0.05, 0) is 11.6 Å². The van der Waals surface area contributed by atoms with Crippen molar-refractivity contribution < 1.29 is 4.74 Å². The Morgan fingerprint density at radius 1 is 1.38 bits per heavy atom. The first-order valence-corrected chi connectivity index (χ1v) is 7.34. The molecule has 1 heterocycles. The van der Waals surface area contributed by atoms with Gasteiger partial charge in [0, 0.05) is 29.4 Å². The van der Waals surface area contributed by atoms with Crippen molar-refractivity contribution in [2.24, 2.45) is 0 Å². The van der Waals surface area contributed by atoms with Crippen LogP contribution < -0.4 is 0 Å². The highest BCUT2D eigenvalue weighted by atomic mass is 79.9. The number of hydrogen-bond donors (Lipinski definition) is 0. The van der Waals surface area contributed by atoms with Crippen LogP contribution in [0.4, 0.5) is 0 Å². The van der Waals surface area contributed by atoms with Gasteiger partial charge in [0.05, 0.1) is 12.7 Å². The Morgan fingerprint density at radius 2 is 2.19 bits per heavy atom. The van der Waals surface area contributed by atoms with Gasteiger partial charge in [0.2, 0.25) is 0 Å². The van der Waals surface area contributed by atoms with E-state index in [9.17, 15) is 0 Å². The van der Waals surface area contributed by atoms with Crippen molar-refractivity contribution in [3.8, 4) is 0 Å². The Bertz CT molecular complexity index is 346. The summed E-state index contributed by atoms with van der Waals surface area (Å²) in [6.45, 7) is 3.85. The average Bonchev–Trinajstić information content (AvgIpc) is 2.32. The third kappa shape index (κ3) is 3.29. The molecule has 0 bridgehead atoms. The predicted octanol–water partition coefficient (Wildman–Crippen LogP) is 3.04. The van der Waals surface area contributed by atoms with E-state index < -0.39 is 0 Å². The summed E-state index contributed by atoms with van der Waals surface area (Å²) in [4.78, 5) is 2.44. The third-order valence-electron chi connectivity index (χ3n) is 2.75. The fourth-order valence-electron chi connectivity index (χ4n) is 1.88. The number of morpholine rings is 1. The van der Waals surface area contributed by atoms with Crippen molar-refractivity contribution in [2.45, 2.75) is 12.6 Å². The normalized spacial score (nSPS) is 22.2. The number of ether oxygens (including phenoxy) is 1. The summed E-state index contributed by atoms with van der Waals surface area (Å²) in [5.41, 5.74) is 1.35. The van der Waals surface area contributed by atoms with Crippen molar-refractivity contribution >= 4 is 31.9 Å². The van der Waals surface area contributed by atoms with E-state index in [4.69, 9.17) is 4.74 Å². The number of rotatable bonds is 3. The highest BCUT2D eigenvalue weighted by Crippen LogP contribution is 2.19. The molecule has 0 amide bonds. The zero-order valence-corrected chi connectivity index (χ0v) is 12.2. The van der Waals surface area contributed by atoms with E-state index in [0.29, 0.717) is 6.10 Å². The molecule has 0 aromatic heterocycles. The molecule has 1 fully saturated rings. The van der Waals surface area contributed by atoms with Crippen LogP contribution in [-0.2, 0) is 11.3 Å². The zero-order valence-electron chi connectivity index (χ0n) is 9.03. The van der Waals surface area contributed by atoms with Crippen molar-refractivity contribution in [1.29, 1.82) is 0 Å². The van der Waals surface area contributed by atoms with Crippen LogP contribution in [0.25, 0.3) is 0 Å². The standard InChI is InChI=1S/C12H15Br2NO/c13-7-11-9-15(5-6-16-11)8-10-3-1-2-4-12(10)14/h1-4,11H,5-9H2. The molecule has 2 rings (SSSR count). The van der Waals surface area contributed by atoms with Crippen molar-refractivity contribution in [3.05, 3.63) is 34.3 Å². The van der Waals surface area contributed by atoms with Gasteiger partial charge in [-0.3, -0.25) is 4.90 Å². The van der Waals surface area contributed by atoms with E-state index in [2.05, 4.69) is 55.0 Å². The lowest BCUT2D eigenvalue weighted by atomic mass is 10.2. The number of hydrogen-bond acceptors (Lipinski definition) is 2. The molecule has 1 saturated heterocycles. The van der Waals surface area contributed by atoms with Gasteiger partial charge >= 0.3 is 0 Å². The monoisotopic (exact) mass is 347 g/mol. The number of alkyl halides is 1. The molecule has 16 heavy (non-hydrogen) atoms. The summed E-state index contributed by atoms with van der Waals surface area (Å²) in [6.07, 6.45) is 0.330. The summed E-state index contributed by atoms with van der Waals surface area (Å²) >= 11 is 7.07. The maximum Gasteiger partial charge on any atom is 0.0799 e. The predicted molar refractivity (Wildman–Crippen MR) is 73.0 cm³/mol. The van der Waals surface area contributed by atoms with Crippen LogP contribution in [0.3, 0.4) is 0 Å². The molecule has 4 heteroatoms. The average molecular weight is 349 g/mol. The van der Waals surface area contributed by atoms with Crippen LogP contribution in [0, 0.1) is 0 Å². The van der Waals surface area contributed by atoms with Gasteiger partial charge in [0.1, 0.15) is 0 Å². The molecule has 88 valence electrons. The summed E-state index contributed by atoms with van der Waals surface area (Å²) < 4.78 is 6.82. The van der Waals surface area contributed by atoms with E-state index in [1.54, 1.807) is 0 Å². The fraction of sp³-hybridized carbons (Fsp3) is 0.500. The number of nitrogens with zero attached hydrogens (tertiary/aromatic N) is 1. The Kier molecular flexibility index (Phi) is 4.82. The minimum atomic E-state index is 0.330. The van der Waals surface area contributed by atoms with Crippen molar-refractivity contribution in [1.82, 2.24) is 4.90 Å². The molecule has 0 radical (unpaired) electrons. The second-order valence-electron chi connectivity index (χ2n) is 3.97.